The van der Waals surface area contributed by atoms with E-state index in [1.807, 2.05) is 6.07 Å². The lowest BCUT2D eigenvalue weighted by atomic mass is 9.91. The Bertz CT molecular complexity index is 671. The summed E-state index contributed by atoms with van der Waals surface area (Å²) in [4.78, 5) is 0. The van der Waals surface area contributed by atoms with Crippen LogP contribution in [0.1, 0.15) is 28.4 Å². The monoisotopic (exact) mass is 344 g/mol. The molecule has 0 fully saturated rings. The summed E-state index contributed by atoms with van der Waals surface area (Å²) >= 11 is 3.55. The van der Waals surface area contributed by atoms with E-state index in [0.717, 1.165) is 41.7 Å². The van der Waals surface area contributed by atoms with E-state index in [1.165, 1.54) is 16.7 Å². The fourth-order valence-corrected chi connectivity index (χ4v) is 4.11. The maximum atomic E-state index is 10.9. The van der Waals surface area contributed by atoms with Gasteiger partial charge in [-0.15, -0.1) is 0 Å². The average Bonchev–Trinajstić information content (AvgIpc) is 3.11. The van der Waals surface area contributed by atoms with Gasteiger partial charge in [0.1, 0.15) is 5.75 Å². The molecule has 2 nitrogen and oxygen atoms in total. The third-order valence-electron chi connectivity index (χ3n) is 4.62. The summed E-state index contributed by atoms with van der Waals surface area (Å²) in [5.74, 6) is 1.15. The molecule has 108 valence electrons. The highest BCUT2D eigenvalue weighted by molar-refractivity contribution is 9.10. The molecule has 0 saturated heterocycles. The number of aliphatic hydroxyl groups excluding tert-OH is 1. The van der Waals surface area contributed by atoms with Crippen molar-refractivity contribution in [3.05, 3.63) is 63.1 Å². The zero-order valence-corrected chi connectivity index (χ0v) is 13.3. The van der Waals surface area contributed by atoms with Crippen molar-refractivity contribution in [1.29, 1.82) is 0 Å². The Balaban J connectivity index is 1.67. The smallest absolute Gasteiger partial charge is 0.128 e. The van der Waals surface area contributed by atoms with Gasteiger partial charge >= 0.3 is 0 Å². The van der Waals surface area contributed by atoms with Gasteiger partial charge in [-0.25, -0.2) is 0 Å². The largest absolute Gasteiger partial charge is 0.493 e. The molecule has 0 saturated carbocycles. The molecule has 1 atom stereocenters. The topological polar surface area (TPSA) is 29.5 Å². The van der Waals surface area contributed by atoms with Crippen LogP contribution >= 0.6 is 15.9 Å². The Labute approximate surface area is 132 Å². The summed E-state index contributed by atoms with van der Waals surface area (Å²) in [6.45, 7) is 0.719. The quantitative estimate of drug-likeness (QED) is 0.896. The Kier molecular flexibility index (Phi) is 3.27. The molecular formula is C18H17BrO2. The van der Waals surface area contributed by atoms with Crippen molar-refractivity contribution in [3.63, 3.8) is 0 Å². The molecule has 0 radical (unpaired) electrons. The van der Waals surface area contributed by atoms with E-state index in [1.54, 1.807) is 0 Å². The van der Waals surface area contributed by atoms with Crippen LogP contribution in [0, 0.1) is 5.92 Å². The van der Waals surface area contributed by atoms with Gasteiger partial charge in [-0.05, 0) is 47.6 Å². The van der Waals surface area contributed by atoms with Crippen LogP contribution in [0.3, 0.4) is 0 Å². The average molecular weight is 345 g/mol. The standard InChI is InChI=1S/C18H17BrO2/c19-15-9-13-5-6-21-18(13)16(10-15)17(20)14-7-11-3-1-2-4-12(11)8-14/h1-4,9-10,14,17,20H,5-8H2. The molecule has 0 spiro atoms. The van der Waals surface area contributed by atoms with E-state index in [-0.39, 0.29) is 5.92 Å². The number of ether oxygens (including phenoxy) is 1. The third-order valence-corrected chi connectivity index (χ3v) is 5.08. The molecule has 0 amide bonds. The van der Waals surface area contributed by atoms with Gasteiger partial charge in [0.05, 0.1) is 12.7 Å². The molecule has 1 heterocycles. The Hall–Kier alpha value is -1.32. The van der Waals surface area contributed by atoms with Crippen molar-refractivity contribution in [2.75, 3.05) is 6.61 Å². The normalized spacial score (nSPS) is 18.2. The van der Waals surface area contributed by atoms with Crippen LogP contribution < -0.4 is 4.74 Å². The second-order valence-corrected chi connectivity index (χ2v) is 6.88. The van der Waals surface area contributed by atoms with Crippen LogP contribution in [0.15, 0.2) is 40.9 Å². The maximum Gasteiger partial charge on any atom is 0.128 e. The summed E-state index contributed by atoms with van der Waals surface area (Å²) in [6.07, 6.45) is 2.35. The fraction of sp³-hybridized carbons (Fsp3) is 0.333. The molecule has 2 aromatic carbocycles. The van der Waals surface area contributed by atoms with Gasteiger partial charge in [-0.2, -0.15) is 0 Å². The molecule has 1 aliphatic carbocycles. The van der Waals surface area contributed by atoms with E-state index >= 15 is 0 Å². The van der Waals surface area contributed by atoms with Gasteiger partial charge in [0.15, 0.2) is 0 Å². The van der Waals surface area contributed by atoms with Crippen molar-refractivity contribution >= 4 is 15.9 Å². The molecule has 2 aliphatic rings. The SMILES string of the molecule is OC(c1cc(Br)cc2c1OCC2)C1Cc2ccccc2C1. The molecule has 4 rings (SSSR count). The predicted molar refractivity (Wildman–Crippen MR) is 85.6 cm³/mol. The lowest BCUT2D eigenvalue weighted by molar-refractivity contribution is 0.110. The number of halogens is 1. The minimum atomic E-state index is -0.471. The Morgan fingerprint density at radius 3 is 2.52 bits per heavy atom. The van der Waals surface area contributed by atoms with Gasteiger partial charge < -0.3 is 9.84 Å². The van der Waals surface area contributed by atoms with Gasteiger partial charge in [0, 0.05) is 16.5 Å². The lowest BCUT2D eigenvalue weighted by Crippen LogP contribution is -2.14. The van der Waals surface area contributed by atoms with Crippen molar-refractivity contribution in [2.45, 2.75) is 25.4 Å². The first kappa shape index (κ1) is 13.4. The van der Waals surface area contributed by atoms with Crippen molar-refractivity contribution < 1.29 is 9.84 Å². The minimum absolute atomic E-state index is 0.241. The number of benzene rings is 2. The fourth-order valence-electron chi connectivity index (χ4n) is 3.59. The summed E-state index contributed by atoms with van der Waals surface area (Å²) < 4.78 is 6.79. The van der Waals surface area contributed by atoms with Gasteiger partial charge in [-0.3, -0.25) is 0 Å². The van der Waals surface area contributed by atoms with Crippen LogP contribution in [-0.2, 0) is 19.3 Å². The minimum Gasteiger partial charge on any atom is -0.493 e. The van der Waals surface area contributed by atoms with Crippen molar-refractivity contribution in [2.24, 2.45) is 5.92 Å². The molecule has 1 aliphatic heterocycles. The van der Waals surface area contributed by atoms with Gasteiger partial charge in [0.2, 0.25) is 0 Å². The maximum absolute atomic E-state index is 10.9. The first-order valence-corrected chi connectivity index (χ1v) is 8.21. The highest BCUT2D eigenvalue weighted by Crippen LogP contribution is 2.42. The molecule has 2 aromatic rings. The van der Waals surface area contributed by atoms with Crippen LogP contribution in [0.4, 0.5) is 0 Å². The second-order valence-electron chi connectivity index (χ2n) is 5.96. The van der Waals surface area contributed by atoms with Crippen LogP contribution in [0.25, 0.3) is 0 Å². The van der Waals surface area contributed by atoms with Crippen LogP contribution in [0.2, 0.25) is 0 Å². The summed E-state index contributed by atoms with van der Waals surface area (Å²) in [6, 6.07) is 12.6. The zero-order chi connectivity index (χ0) is 14.4. The Morgan fingerprint density at radius 2 is 1.81 bits per heavy atom. The van der Waals surface area contributed by atoms with E-state index in [9.17, 15) is 5.11 Å². The van der Waals surface area contributed by atoms with E-state index in [0.29, 0.717) is 0 Å². The number of rotatable bonds is 2. The Morgan fingerprint density at radius 1 is 1.10 bits per heavy atom. The van der Waals surface area contributed by atoms with Crippen LogP contribution in [0.5, 0.6) is 5.75 Å². The van der Waals surface area contributed by atoms with Gasteiger partial charge in [0.25, 0.3) is 0 Å². The number of hydrogen-bond donors (Lipinski definition) is 1. The highest BCUT2D eigenvalue weighted by Gasteiger charge is 2.31. The summed E-state index contributed by atoms with van der Waals surface area (Å²) in [7, 11) is 0. The number of fused-ring (bicyclic) bond motifs is 2. The first-order chi connectivity index (χ1) is 10.2. The van der Waals surface area contributed by atoms with E-state index < -0.39 is 6.10 Å². The molecule has 0 aromatic heterocycles. The lowest BCUT2D eigenvalue weighted by Gasteiger charge is -2.20. The second kappa shape index (κ2) is 5.15. The van der Waals surface area contributed by atoms with E-state index in [4.69, 9.17) is 4.74 Å². The number of aliphatic hydroxyl groups is 1. The van der Waals surface area contributed by atoms with Gasteiger partial charge in [-0.1, -0.05) is 40.2 Å². The highest BCUT2D eigenvalue weighted by atomic mass is 79.9. The van der Waals surface area contributed by atoms with Crippen LogP contribution in [-0.4, -0.2) is 11.7 Å². The molecule has 1 unspecified atom stereocenters. The van der Waals surface area contributed by atoms with E-state index in [2.05, 4.69) is 46.3 Å². The molecule has 1 N–H and O–H groups in total. The number of hydrogen-bond acceptors (Lipinski definition) is 2. The third kappa shape index (κ3) is 2.29. The zero-order valence-electron chi connectivity index (χ0n) is 11.7. The first-order valence-electron chi connectivity index (χ1n) is 7.42. The summed E-state index contributed by atoms with van der Waals surface area (Å²) in [5, 5.41) is 10.9. The molecule has 3 heteroatoms. The van der Waals surface area contributed by atoms with Crippen molar-refractivity contribution in [1.82, 2.24) is 0 Å². The van der Waals surface area contributed by atoms with Crippen molar-refractivity contribution in [3.8, 4) is 5.75 Å². The molecular weight excluding hydrogens is 328 g/mol. The summed E-state index contributed by atoms with van der Waals surface area (Å²) in [5.41, 5.74) is 4.88. The molecule has 0 bridgehead atoms. The molecule has 21 heavy (non-hydrogen) atoms. The predicted octanol–water partition coefficient (Wildman–Crippen LogP) is 3.83.